The van der Waals surface area contributed by atoms with Crippen molar-refractivity contribution in [1.82, 2.24) is 0 Å². The zero-order chi connectivity index (χ0) is 34.3. The lowest BCUT2D eigenvalue weighted by Crippen LogP contribution is -2.31. The summed E-state index contributed by atoms with van der Waals surface area (Å²) in [7, 11) is 1.45. The minimum Gasteiger partial charge on any atom is -0.507 e. The molecule has 0 aliphatic carbocycles. The summed E-state index contributed by atoms with van der Waals surface area (Å²) < 4.78 is 17.4. The summed E-state index contributed by atoms with van der Waals surface area (Å²) in [6.45, 7) is 11.6. The van der Waals surface area contributed by atoms with Gasteiger partial charge in [0.25, 0.3) is 0 Å². The van der Waals surface area contributed by atoms with Crippen LogP contribution in [0.25, 0.3) is 28.4 Å². The number of fused-ring (bicyclic) bond motifs is 1. The highest BCUT2D eigenvalue weighted by molar-refractivity contribution is 5.92. The van der Waals surface area contributed by atoms with Crippen molar-refractivity contribution in [2.24, 2.45) is 11.7 Å². The van der Waals surface area contributed by atoms with Crippen LogP contribution in [-0.2, 0) is 22.4 Å². The number of hydrogen-bond acceptors (Lipinski definition) is 9. The fourth-order valence-electron chi connectivity index (χ4n) is 4.63. The Bertz CT molecular complexity index is 1770. The second kappa shape index (κ2) is 15.4. The third-order valence-electron chi connectivity index (χ3n) is 7.19. The maximum absolute atomic E-state index is 14.1. The zero-order valence-corrected chi connectivity index (χ0v) is 27.4. The molecule has 1 aromatic heterocycles. The van der Waals surface area contributed by atoms with Gasteiger partial charge in [-0.05, 0) is 64.5 Å². The van der Waals surface area contributed by atoms with Crippen LogP contribution in [0.2, 0.25) is 0 Å². The number of phenolic OH excluding ortho intramolecular Hbond substituents is 2. The predicted molar refractivity (Wildman–Crippen MR) is 178 cm³/mol. The molecule has 0 fully saturated rings. The Morgan fingerprint density at radius 2 is 1.65 bits per heavy atom. The number of rotatable bonds is 13. The average molecular weight is 634 g/mol. The molecular formula is C36H43NO9. The molecule has 0 bridgehead atoms. The molecule has 0 radical (unpaired) electrons. The minimum absolute atomic E-state index is 0.0144. The number of carbonyl (C=O) groups is 2. The average Bonchev–Trinajstić information content (AvgIpc) is 2.97. The number of ether oxygens (including phenoxy) is 2. The number of methoxy groups -OCH3 is 1. The summed E-state index contributed by atoms with van der Waals surface area (Å²) in [5.74, 6) is -1.90. The lowest BCUT2D eigenvalue weighted by Gasteiger charge is -2.17. The third kappa shape index (κ3) is 8.66. The molecule has 0 unspecified atom stereocenters. The molecular weight excluding hydrogens is 590 g/mol. The molecule has 1 atom stereocenters. The van der Waals surface area contributed by atoms with Crippen molar-refractivity contribution in [3.63, 3.8) is 0 Å². The number of hydrogen-bond donors (Lipinski definition) is 4. The Morgan fingerprint density at radius 3 is 2.24 bits per heavy atom. The SMILES string of the molecule is COc1cc2oc(-c3cc(CC=C(C)C)c(OC(=O)CC[C@H](N)C(=O)O)cc3O)c(CC=C(C)C)c(=O)c2c(O)c1/C=C/C(C)C. The number of nitrogens with two attached hydrogens (primary N) is 1. The van der Waals surface area contributed by atoms with E-state index in [1.54, 1.807) is 12.1 Å². The Hall–Kier alpha value is -4.83. The van der Waals surface area contributed by atoms with Crippen LogP contribution in [0.5, 0.6) is 23.0 Å². The molecule has 5 N–H and O–H groups in total. The summed E-state index contributed by atoms with van der Waals surface area (Å²) in [6.07, 6.45) is 7.44. The van der Waals surface area contributed by atoms with Gasteiger partial charge >= 0.3 is 11.9 Å². The van der Waals surface area contributed by atoms with Crippen LogP contribution in [0.3, 0.4) is 0 Å². The number of carboxylic acid groups (broad SMARTS) is 1. The smallest absolute Gasteiger partial charge is 0.320 e. The Kier molecular flexibility index (Phi) is 12.0. The second-order valence-corrected chi connectivity index (χ2v) is 12.0. The third-order valence-corrected chi connectivity index (χ3v) is 7.19. The van der Waals surface area contributed by atoms with E-state index in [0.717, 1.165) is 11.1 Å². The molecule has 1 heterocycles. The summed E-state index contributed by atoms with van der Waals surface area (Å²) in [4.78, 5) is 37.8. The topological polar surface area (TPSA) is 170 Å². The first-order valence-corrected chi connectivity index (χ1v) is 15.0. The van der Waals surface area contributed by atoms with Gasteiger partial charge in [0.05, 0.1) is 18.2 Å². The van der Waals surface area contributed by atoms with Gasteiger partial charge in [-0.15, -0.1) is 0 Å². The van der Waals surface area contributed by atoms with E-state index in [0.29, 0.717) is 23.3 Å². The molecule has 3 rings (SSSR count). The predicted octanol–water partition coefficient (Wildman–Crippen LogP) is 6.66. The van der Waals surface area contributed by atoms with E-state index >= 15 is 0 Å². The molecule has 0 aliphatic heterocycles. The van der Waals surface area contributed by atoms with E-state index in [4.69, 9.17) is 24.7 Å². The summed E-state index contributed by atoms with van der Waals surface area (Å²) in [5.41, 5.74) is 8.31. The van der Waals surface area contributed by atoms with Crippen molar-refractivity contribution in [1.29, 1.82) is 0 Å². The number of carboxylic acids is 1. The minimum atomic E-state index is -1.23. The molecule has 2 aromatic carbocycles. The van der Waals surface area contributed by atoms with Crippen LogP contribution in [0, 0.1) is 5.92 Å². The van der Waals surface area contributed by atoms with Crippen molar-refractivity contribution >= 4 is 29.0 Å². The number of aromatic hydroxyl groups is 2. The van der Waals surface area contributed by atoms with E-state index in [-0.39, 0.29) is 70.3 Å². The Balaban J connectivity index is 2.29. The fourth-order valence-corrected chi connectivity index (χ4v) is 4.63. The summed E-state index contributed by atoms with van der Waals surface area (Å²) in [5, 5.41) is 31.6. The lowest BCUT2D eigenvalue weighted by molar-refractivity contribution is -0.139. The van der Waals surface area contributed by atoms with Gasteiger partial charge in [-0.1, -0.05) is 49.3 Å². The van der Waals surface area contributed by atoms with E-state index in [2.05, 4.69) is 0 Å². The van der Waals surface area contributed by atoms with E-state index in [1.165, 1.54) is 19.2 Å². The van der Waals surface area contributed by atoms with Gasteiger partial charge in [-0.2, -0.15) is 0 Å². The number of allylic oxidation sites excluding steroid dienone is 5. The van der Waals surface area contributed by atoms with Gasteiger partial charge in [-0.25, -0.2) is 0 Å². The van der Waals surface area contributed by atoms with Crippen LogP contribution < -0.4 is 20.6 Å². The van der Waals surface area contributed by atoms with Gasteiger partial charge in [0.15, 0.2) is 0 Å². The molecule has 46 heavy (non-hydrogen) atoms. The van der Waals surface area contributed by atoms with Gasteiger partial charge < -0.3 is 34.9 Å². The number of carbonyl (C=O) groups excluding carboxylic acids is 1. The van der Waals surface area contributed by atoms with E-state index in [1.807, 2.05) is 59.8 Å². The molecule has 10 nitrogen and oxygen atoms in total. The largest absolute Gasteiger partial charge is 0.507 e. The van der Waals surface area contributed by atoms with Gasteiger partial charge in [0.1, 0.15) is 45.8 Å². The highest BCUT2D eigenvalue weighted by Crippen LogP contribution is 2.42. The van der Waals surface area contributed by atoms with Crippen LogP contribution in [0.15, 0.2) is 56.8 Å². The van der Waals surface area contributed by atoms with Crippen LogP contribution in [-0.4, -0.2) is 40.4 Å². The van der Waals surface area contributed by atoms with Crippen molar-refractivity contribution < 1.29 is 38.8 Å². The maximum Gasteiger partial charge on any atom is 0.320 e. The summed E-state index contributed by atoms with van der Waals surface area (Å²) >= 11 is 0. The van der Waals surface area contributed by atoms with Crippen molar-refractivity contribution in [3.8, 4) is 34.3 Å². The highest BCUT2D eigenvalue weighted by atomic mass is 16.5. The number of phenols is 2. The molecule has 0 aliphatic rings. The monoisotopic (exact) mass is 633 g/mol. The van der Waals surface area contributed by atoms with Gasteiger partial charge in [0, 0.05) is 24.1 Å². The van der Waals surface area contributed by atoms with Crippen LogP contribution in [0.1, 0.15) is 71.1 Å². The summed E-state index contributed by atoms with van der Waals surface area (Å²) in [6, 6.07) is 3.17. The fraction of sp³-hybridized carbons (Fsp3) is 0.361. The lowest BCUT2D eigenvalue weighted by atomic mass is 9.96. The molecule has 3 aromatic rings. The highest BCUT2D eigenvalue weighted by Gasteiger charge is 2.25. The number of esters is 1. The Labute approximate surface area is 268 Å². The van der Waals surface area contributed by atoms with E-state index < -0.39 is 23.4 Å². The first kappa shape index (κ1) is 35.6. The molecule has 0 spiro atoms. The quantitative estimate of drug-likeness (QED) is 0.0906. The molecule has 0 saturated carbocycles. The molecule has 246 valence electrons. The second-order valence-electron chi connectivity index (χ2n) is 12.0. The van der Waals surface area contributed by atoms with E-state index in [9.17, 15) is 24.6 Å². The number of benzene rings is 2. The molecule has 10 heteroatoms. The standard InChI is InChI=1S/C36H43NO9/c1-19(2)8-11-22-16-25(27(38)17-28(22)45-31(39)15-14-26(37)36(42)43)35-24(13-10-21(5)6)34(41)32-30(46-35)18-29(44-7)23(33(32)40)12-9-20(3)4/h8-10,12,16-18,20,26,38,40H,11,13-15,37H2,1-7H3,(H,42,43)/b12-9+/t26-/m0/s1. The first-order valence-electron chi connectivity index (χ1n) is 15.0. The number of aliphatic carboxylic acids is 1. The Morgan fingerprint density at radius 1 is 1.00 bits per heavy atom. The van der Waals surface area contributed by atoms with Gasteiger partial charge in [0.2, 0.25) is 5.43 Å². The maximum atomic E-state index is 14.1. The van der Waals surface area contributed by atoms with Crippen molar-refractivity contribution in [3.05, 3.63) is 74.5 Å². The normalized spacial score (nSPS) is 11.9. The molecule has 0 saturated heterocycles. The first-order chi connectivity index (χ1) is 21.6. The van der Waals surface area contributed by atoms with Crippen LogP contribution in [0.4, 0.5) is 0 Å². The van der Waals surface area contributed by atoms with Gasteiger partial charge in [-0.3, -0.25) is 14.4 Å². The van der Waals surface area contributed by atoms with Crippen molar-refractivity contribution in [2.75, 3.05) is 7.11 Å². The molecule has 0 amide bonds. The van der Waals surface area contributed by atoms with Crippen molar-refractivity contribution in [2.45, 2.75) is 73.3 Å². The van der Waals surface area contributed by atoms with Crippen LogP contribution >= 0.6 is 0 Å². The zero-order valence-electron chi connectivity index (χ0n) is 27.4.